The number of anilines is 1. The summed E-state index contributed by atoms with van der Waals surface area (Å²) in [6, 6.07) is 6.34. The van der Waals surface area contributed by atoms with Gasteiger partial charge in [0.1, 0.15) is 5.69 Å². The first-order valence-electron chi connectivity index (χ1n) is 4.67. The first-order valence-corrected chi connectivity index (χ1v) is 4.67. The Bertz CT molecular complexity index is 447. The molecule has 2 heterocycles. The summed E-state index contributed by atoms with van der Waals surface area (Å²) in [4.78, 5) is 0. The van der Waals surface area contributed by atoms with Crippen molar-refractivity contribution in [3.63, 3.8) is 0 Å². The predicted octanol–water partition coefficient (Wildman–Crippen LogP) is 1.44. The van der Waals surface area contributed by atoms with Crippen LogP contribution in [0.1, 0.15) is 5.56 Å². The summed E-state index contributed by atoms with van der Waals surface area (Å²) >= 11 is 0. The summed E-state index contributed by atoms with van der Waals surface area (Å²) in [6.07, 6.45) is 2.91. The normalized spacial score (nSPS) is 13.7. The Hall–Kier alpha value is -1.84. The number of nitrogens with zero attached hydrogens (tertiary/aromatic N) is 2. The molecule has 1 aromatic heterocycles. The van der Waals surface area contributed by atoms with Gasteiger partial charge in [-0.05, 0) is 24.1 Å². The molecule has 0 spiro atoms. The summed E-state index contributed by atoms with van der Waals surface area (Å²) in [7, 11) is 0. The van der Waals surface area contributed by atoms with Crippen molar-refractivity contribution in [2.24, 2.45) is 0 Å². The van der Waals surface area contributed by atoms with Crippen molar-refractivity contribution in [1.29, 1.82) is 0 Å². The third-order valence-electron chi connectivity index (χ3n) is 2.53. The number of aromatic amines is 1. The van der Waals surface area contributed by atoms with E-state index < -0.39 is 0 Å². The van der Waals surface area contributed by atoms with Crippen molar-refractivity contribution in [2.75, 3.05) is 11.9 Å². The number of fused-ring (bicyclic) bond motifs is 1. The van der Waals surface area contributed by atoms with Crippen LogP contribution >= 0.6 is 0 Å². The second-order valence-electron chi connectivity index (χ2n) is 3.41. The molecule has 0 radical (unpaired) electrons. The lowest BCUT2D eigenvalue weighted by molar-refractivity contribution is 0.942. The maximum atomic E-state index is 3.99. The average molecular weight is 186 g/mol. The van der Waals surface area contributed by atoms with Gasteiger partial charge in [0.05, 0.1) is 0 Å². The second kappa shape index (κ2) is 2.83. The first kappa shape index (κ1) is 7.55. The molecule has 4 nitrogen and oxygen atoms in total. The van der Waals surface area contributed by atoms with E-state index in [0.717, 1.165) is 24.2 Å². The quantitative estimate of drug-likeness (QED) is 0.708. The van der Waals surface area contributed by atoms with Gasteiger partial charge in [0.15, 0.2) is 0 Å². The summed E-state index contributed by atoms with van der Waals surface area (Å²) in [5.41, 5.74) is 4.64. The largest absolute Gasteiger partial charge is 0.384 e. The molecule has 0 saturated carbocycles. The van der Waals surface area contributed by atoms with E-state index in [2.05, 4.69) is 38.9 Å². The summed E-state index contributed by atoms with van der Waals surface area (Å²) in [6.45, 7) is 1.04. The van der Waals surface area contributed by atoms with Crippen LogP contribution in [0.3, 0.4) is 0 Å². The van der Waals surface area contributed by atoms with Crippen LogP contribution in [0.2, 0.25) is 0 Å². The molecule has 1 aliphatic heterocycles. The van der Waals surface area contributed by atoms with Gasteiger partial charge >= 0.3 is 0 Å². The molecule has 1 aromatic carbocycles. The molecule has 70 valence electrons. The van der Waals surface area contributed by atoms with Crippen LogP contribution in [-0.2, 0) is 6.42 Å². The van der Waals surface area contributed by atoms with Crippen LogP contribution in [0, 0.1) is 0 Å². The highest BCUT2D eigenvalue weighted by molar-refractivity contribution is 5.66. The molecule has 1 aliphatic rings. The molecule has 0 saturated heterocycles. The lowest BCUT2D eigenvalue weighted by Gasteiger charge is -2.01. The van der Waals surface area contributed by atoms with Gasteiger partial charge in [-0.2, -0.15) is 0 Å². The number of H-pyrrole nitrogens is 1. The van der Waals surface area contributed by atoms with Crippen molar-refractivity contribution >= 4 is 5.69 Å². The van der Waals surface area contributed by atoms with E-state index in [1.165, 1.54) is 11.3 Å². The molecule has 2 N–H and O–H groups in total. The molecular formula is C10H10N4. The van der Waals surface area contributed by atoms with Crippen molar-refractivity contribution in [3.8, 4) is 11.3 Å². The van der Waals surface area contributed by atoms with Gasteiger partial charge in [-0.1, -0.05) is 11.3 Å². The van der Waals surface area contributed by atoms with Gasteiger partial charge in [0, 0.05) is 24.0 Å². The van der Waals surface area contributed by atoms with E-state index in [1.54, 1.807) is 0 Å². The molecule has 0 aliphatic carbocycles. The summed E-state index contributed by atoms with van der Waals surface area (Å²) < 4.78 is 0. The lowest BCUT2D eigenvalue weighted by atomic mass is 10.1. The van der Waals surface area contributed by atoms with E-state index in [1.807, 2.05) is 6.20 Å². The fraction of sp³-hybridized carbons (Fsp3) is 0.200. The molecule has 0 amide bonds. The van der Waals surface area contributed by atoms with Crippen LogP contribution in [0.25, 0.3) is 11.3 Å². The Morgan fingerprint density at radius 1 is 1.29 bits per heavy atom. The van der Waals surface area contributed by atoms with Gasteiger partial charge in [0.25, 0.3) is 0 Å². The fourth-order valence-corrected chi connectivity index (χ4v) is 1.81. The number of hydrogen-bond donors (Lipinski definition) is 2. The summed E-state index contributed by atoms with van der Waals surface area (Å²) in [5, 5.41) is 13.7. The molecule has 0 unspecified atom stereocenters. The Balaban J connectivity index is 2.09. The van der Waals surface area contributed by atoms with Gasteiger partial charge in [-0.15, -0.1) is 5.10 Å². The highest BCUT2D eigenvalue weighted by atomic mass is 15.3. The van der Waals surface area contributed by atoms with E-state index in [9.17, 15) is 0 Å². The molecule has 3 rings (SSSR count). The molecule has 4 heteroatoms. The second-order valence-corrected chi connectivity index (χ2v) is 3.41. The van der Waals surface area contributed by atoms with Crippen molar-refractivity contribution in [3.05, 3.63) is 30.0 Å². The van der Waals surface area contributed by atoms with Crippen LogP contribution in [0.5, 0.6) is 0 Å². The zero-order valence-electron chi connectivity index (χ0n) is 7.62. The molecule has 0 fully saturated rings. The number of rotatable bonds is 1. The Kier molecular flexibility index (Phi) is 1.53. The zero-order chi connectivity index (χ0) is 9.38. The van der Waals surface area contributed by atoms with Crippen molar-refractivity contribution < 1.29 is 0 Å². The van der Waals surface area contributed by atoms with E-state index in [4.69, 9.17) is 0 Å². The van der Waals surface area contributed by atoms with E-state index >= 15 is 0 Å². The SMILES string of the molecule is c1cc2c(cc1-c1c[nH]nn1)CCN2. The zero-order valence-corrected chi connectivity index (χ0v) is 7.62. The molecule has 0 bridgehead atoms. The standard InChI is InChI=1S/C10H10N4/c1-2-9-8(3-4-11-9)5-7(1)10-6-12-14-13-10/h1-2,5-6,11H,3-4H2,(H,12,13,14). The molecular weight excluding hydrogens is 176 g/mol. The number of aromatic nitrogens is 3. The van der Waals surface area contributed by atoms with Crippen LogP contribution in [-0.4, -0.2) is 22.0 Å². The minimum atomic E-state index is 0.903. The number of benzene rings is 1. The van der Waals surface area contributed by atoms with E-state index in [0.29, 0.717) is 0 Å². The van der Waals surface area contributed by atoms with Crippen LogP contribution < -0.4 is 5.32 Å². The van der Waals surface area contributed by atoms with E-state index in [-0.39, 0.29) is 0 Å². The molecule has 2 aromatic rings. The molecule has 0 atom stereocenters. The molecule has 14 heavy (non-hydrogen) atoms. The third kappa shape index (κ3) is 1.08. The minimum absolute atomic E-state index is 0.903. The van der Waals surface area contributed by atoms with Gasteiger partial charge in [-0.3, -0.25) is 5.10 Å². The number of hydrogen-bond acceptors (Lipinski definition) is 3. The lowest BCUT2D eigenvalue weighted by Crippen LogP contribution is -1.90. The maximum absolute atomic E-state index is 3.99. The summed E-state index contributed by atoms with van der Waals surface area (Å²) in [5.74, 6) is 0. The van der Waals surface area contributed by atoms with Crippen LogP contribution in [0.4, 0.5) is 5.69 Å². The number of nitrogens with one attached hydrogen (secondary N) is 2. The Morgan fingerprint density at radius 3 is 3.14 bits per heavy atom. The third-order valence-corrected chi connectivity index (χ3v) is 2.53. The highest BCUT2D eigenvalue weighted by Gasteiger charge is 2.11. The predicted molar refractivity (Wildman–Crippen MR) is 54.0 cm³/mol. The van der Waals surface area contributed by atoms with Gasteiger partial charge in [-0.25, -0.2) is 0 Å². The minimum Gasteiger partial charge on any atom is -0.384 e. The Morgan fingerprint density at radius 2 is 2.29 bits per heavy atom. The highest BCUT2D eigenvalue weighted by Crippen LogP contribution is 2.26. The Labute approximate surface area is 81.3 Å². The fourth-order valence-electron chi connectivity index (χ4n) is 1.81. The smallest absolute Gasteiger partial charge is 0.112 e. The maximum Gasteiger partial charge on any atom is 0.112 e. The van der Waals surface area contributed by atoms with Crippen LogP contribution in [0.15, 0.2) is 24.4 Å². The average Bonchev–Trinajstić information content (AvgIpc) is 2.88. The first-order chi connectivity index (χ1) is 6.93. The topological polar surface area (TPSA) is 53.6 Å². The van der Waals surface area contributed by atoms with Gasteiger partial charge < -0.3 is 5.32 Å². The van der Waals surface area contributed by atoms with Gasteiger partial charge in [0.2, 0.25) is 0 Å². The monoisotopic (exact) mass is 186 g/mol. The van der Waals surface area contributed by atoms with Crippen molar-refractivity contribution in [1.82, 2.24) is 15.4 Å². The van der Waals surface area contributed by atoms with Crippen molar-refractivity contribution in [2.45, 2.75) is 6.42 Å².